The third-order valence-electron chi connectivity index (χ3n) is 4.75. The lowest BCUT2D eigenvalue weighted by atomic mass is 10.1. The number of pyridine rings is 1. The molecule has 1 aliphatic heterocycles. The van der Waals surface area contributed by atoms with Crippen LogP contribution in [-0.4, -0.2) is 42.1 Å². The Morgan fingerprint density at radius 3 is 2.68 bits per heavy atom. The molecular weight excluding hydrogens is 312 g/mol. The van der Waals surface area contributed by atoms with Crippen LogP contribution in [0.25, 0.3) is 0 Å². The molecule has 25 heavy (non-hydrogen) atoms. The molecule has 2 heterocycles. The minimum absolute atomic E-state index is 0.00972. The van der Waals surface area contributed by atoms with Crippen molar-refractivity contribution >= 4 is 11.7 Å². The first kappa shape index (κ1) is 17.3. The van der Waals surface area contributed by atoms with Crippen molar-refractivity contribution in [3.63, 3.8) is 0 Å². The Morgan fingerprint density at radius 2 is 1.92 bits per heavy atom. The number of hydrogen-bond acceptors (Lipinski definition) is 3. The normalized spacial score (nSPS) is 16.2. The SMILES string of the molecule is Cc1cnccc1N1CCCN(C(=O)N[C@@H](C)c2ccccc2)CC1. The van der Waals surface area contributed by atoms with E-state index in [2.05, 4.69) is 28.2 Å². The highest BCUT2D eigenvalue weighted by atomic mass is 16.2. The van der Waals surface area contributed by atoms with Gasteiger partial charge in [-0.2, -0.15) is 0 Å². The fourth-order valence-electron chi connectivity index (χ4n) is 3.28. The number of aromatic nitrogens is 1. The van der Waals surface area contributed by atoms with E-state index >= 15 is 0 Å². The number of anilines is 1. The van der Waals surface area contributed by atoms with Gasteiger partial charge in [0.25, 0.3) is 0 Å². The third-order valence-corrected chi connectivity index (χ3v) is 4.75. The number of nitrogens with one attached hydrogen (secondary N) is 1. The highest BCUT2D eigenvalue weighted by molar-refractivity contribution is 5.75. The van der Waals surface area contributed by atoms with Crippen molar-refractivity contribution in [3.05, 3.63) is 59.9 Å². The Morgan fingerprint density at radius 1 is 1.12 bits per heavy atom. The number of hydrogen-bond donors (Lipinski definition) is 1. The van der Waals surface area contributed by atoms with Crippen molar-refractivity contribution in [1.82, 2.24) is 15.2 Å². The molecule has 1 fully saturated rings. The first-order chi connectivity index (χ1) is 12.1. The molecule has 0 saturated carbocycles. The molecule has 2 aromatic rings. The second-order valence-corrected chi connectivity index (χ2v) is 6.57. The average molecular weight is 338 g/mol. The number of carbonyl (C=O) groups excluding carboxylic acids is 1. The molecule has 0 radical (unpaired) electrons. The Kier molecular flexibility index (Phi) is 5.53. The number of urea groups is 1. The summed E-state index contributed by atoms with van der Waals surface area (Å²) in [6.45, 7) is 7.43. The van der Waals surface area contributed by atoms with E-state index in [-0.39, 0.29) is 12.1 Å². The second kappa shape index (κ2) is 8.01. The third kappa shape index (κ3) is 4.29. The van der Waals surface area contributed by atoms with Crippen molar-refractivity contribution in [3.8, 4) is 0 Å². The van der Waals surface area contributed by atoms with E-state index < -0.39 is 0 Å². The predicted molar refractivity (Wildman–Crippen MR) is 101 cm³/mol. The Bertz CT molecular complexity index is 704. The molecule has 1 N–H and O–H groups in total. The second-order valence-electron chi connectivity index (χ2n) is 6.57. The maximum absolute atomic E-state index is 12.6. The van der Waals surface area contributed by atoms with Crippen LogP contribution in [0, 0.1) is 6.92 Å². The number of amides is 2. The van der Waals surface area contributed by atoms with Crippen LogP contribution >= 0.6 is 0 Å². The molecule has 132 valence electrons. The number of aryl methyl sites for hydroxylation is 1. The first-order valence-electron chi connectivity index (χ1n) is 8.91. The van der Waals surface area contributed by atoms with Crippen molar-refractivity contribution in [2.75, 3.05) is 31.1 Å². The summed E-state index contributed by atoms with van der Waals surface area (Å²) in [6, 6.07) is 12.2. The molecule has 2 amide bonds. The maximum atomic E-state index is 12.6. The van der Waals surface area contributed by atoms with Gasteiger partial charge in [-0.15, -0.1) is 0 Å². The zero-order valence-corrected chi connectivity index (χ0v) is 15.0. The average Bonchev–Trinajstić information content (AvgIpc) is 2.89. The minimum Gasteiger partial charge on any atom is -0.369 e. The molecule has 1 aromatic heterocycles. The van der Waals surface area contributed by atoms with Gasteiger partial charge in [0.15, 0.2) is 0 Å². The highest BCUT2D eigenvalue weighted by Crippen LogP contribution is 2.20. The molecule has 1 aliphatic rings. The van der Waals surface area contributed by atoms with Crippen LogP contribution in [0.4, 0.5) is 10.5 Å². The molecular formula is C20H26N4O. The quantitative estimate of drug-likeness (QED) is 0.933. The molecule has 0 spiro atoms. The van der Waals surface area contributed by atoms with E-state index in [1.54, 1.807) is 0 Å². The Labute approximate surface area is 149 Å². The molecule has 5 heteroatoms. The lowest BCUT2D eigenvalue weighted by Gasteiger charge is -2.26. The molecule has 5 nitrogen and oxygen atoms in total. The van der Waals surface area contributed by atoms with Gasteiger partial charge >= 0.3 is 6.03 Å². The smallest absolute Gasteiger partial charge is 0.317 e. The Balaban J connectivity index is 1.59. The van der Waals surface area contributed by atoms with Crippen LogP contribution in [0.3, 0.4) is 0 Å². The van der Waals surface area contributed by atoms with Gasteiger partial charge in [-0.25, -0.2) is 4.79 Å². The summed E-state index contributed by atoms with van der Waals surface area (Å²) >= 11 is 0. The van der Waals surface area contributed by atoms with Gasteiger partial charge in [-0.05, 0) is 37.5 Å². The first-order valence-corrected chi connectivity index (χ1v) is 8.91. The summed E-state index contributed by atoms with van der Waals surface area (Å²) in [5.41, 5.74) is 3.52. The van der Waals surface area contributed by atoms with Gasteiger partial charge < -0.3 is 15.1 Å². The van der Waals surface area contributed by atoms with Crippen molar-refractivity contribution in [2.45, 2.75) is 26.3 Å². The molecule has 1 saturated heterocycles. The van der Waals surface area contributed by atoms with Crippen molar-refractivity contribution in [1.29, 1.82) is 0 Å². The zero-order valence-electron chi connectivity index (χ0n) is 15.0. The Hall–Kier alpha value is -2.56. The maximum Gasteiger partial charge on any atom is 0.317 e. The standard InChI is InChI=1S/C20H26N4O/c1-16-15-21-10-9-19(16)23-11-6-12-24(14-13-23)20(25)22-17(2)18-7-4-3-5-8-18/h3-5,7-10,15,17H,6,11-14H2,1-2H3,(H,22,25)/t17-/m0/s1. The van der Waals surface area contributed by atoms with Gasteiger partial charge in [0.05, 0.1) is 6.04 Å². The summed E-state index contributed by atoms with van der Waals surface area (Å²) in [5.74, 6) is 0. The van der Waals surface area contributed by atoms with E-state index in [0.717, 1.165) is 38.2 Å². The summed E-state index contributed by atoms with van der Waals surface area (Å²) < 4.78 is 0. The summed E-state index contributed by atoms with van der Waals surface area (Å²) in [7, 11) is 0. The van der Waals surface area contributed by atoms with E-state index in [4.69, 9.17) is 0 Å². The van der Waals surface area contributed by atoms with Gasteiger partial charge in [0, 0.05) is 44.3 Å². The molecule has 1 aromatic carbocycles. The van der Waals surface area contributed by atoms with Gasteiger partial charge in [0.1, 0.15) is 0 Å². The van der Waals surface area contributed by atoms with Gasteiger partial charge in [-0.3, -0.25) is 4.98 Å². The van der Waals surface area contributed by atoms with Crippen molar-refractivity contribution in [2.24, 2.45) is 0 Å². The van der Waals surface area contributed by atoms with Gasteiger partial charge in [0.2, 0.25) is 0 Å². The molecule has 0 aliphatic carbocycles. The monoisotopic (exact) mass is 338 g/mol. The predicted octanol–water partition coefficient (Wildman–Crippen LogP) is 3.37. The van der Waals surface area contributed by atoms with Crippen LogP contribution in [0.1, 0.15) is 30.5 Å². The summed E-state index contributed by atoms with van der Waals surface area (Å²) in [5, 5.41) is 3.12. The largest absolute Gasteiger partial charge is 0.369 e. The van der Waals surface area contributed by atoms with Crippen LogP contribution in [-0.2, 0) is 0 Å². The minimum atomic E-state index is 0.00972. The fourth-order valence-corrected chi connectivity index (χ4v) is 3.28. The summed E-state index contributed by atoms with van der Waals surface area (Å²) in [4.78, 5) is 21.1. The molecule has 0 unspecified atom stereocenters. The van der Waals surface area contributed by atoms with E-state index in [0.29, 0.717) is 0 Å². The number of nitrogens with zero attached hydrogens (tertiary/aromatic N) is 3. The van der Waals surface area contributed by atoms with E-state index in [1.807, 2.05) is 54.5 Å². The summed E-state index contributed by atoms with van der Waals surface area (Å²) in [6.07, 6.45) is 4.69. The van der Waals surface area contributed by atoms with Crippen LogP contribution in [0.15, 0.2) is 48.8 Å². The van der Waals surface area contributed by atoms with Crippen LogP contribution < -0.4 is 10.2 Å². The van der Waals surface area contributed by atoms with E-state index in [9.17, 15) is 4.79 Å². The molecule has 0 bridgehead atoms. The molecule has 1 atom stereocenters. The fraction of sp³-hybridized carbons (Fsp3) is 0.400. The van der Waals surface area contributed by atoms with E-state index in [1.165, 1.54) is 11.3 Å². The van der Waals surface area contributed by atoms with Crippen LogP contribution in [0.2, 0.25) is 0 Å². The van der Waals surface area contributed by atoms with Crippen LogP contribution in [0.5, 0.6) is 0 Å². The van der Waals surface area contributed by atoms with Crippen molar-refractivity contribution < 1.29 is 4.79 Å². The topological polar surface area (TPSA) is 48.5 Å². The lowest BCUT2D eigenvalue weighted by Crippen LogP contribution is -2.43. The number of carbonyl (C=O) groups is 1. The number of benzene rings is 1. The molecule has 3 rings (SSSR count). The lowest BCUT2D eigenvalue weighted by molar-refractivity contribution is 0.198. The number of rotatable bonds is 3. The zero-order chi connectivity index (χ0) is 17.6. The highest BCUT2D eigenvalue weighted by Gasteiger charge is 2.21. The van der Waals surface area contributed by atoms with Gasteiger partial charge in [-0.1, -0.05) is 30.3 Å².